The molecular weight excluding hydrogens is 447 g/mol. The van der Waals surface area contributed by atoms with Gasteiger partial charge in [-0.3, -0.25) is 0 Å². The number of unbranched alkanes of at least 4 members (excludes halogenated alkanes) is 7. The molecule has 30 heavy (non-hydrogen) atoms. The first kappa shape index (κ1) is 24.8. The molecule has 3 aromatic rings. The van der Waals surface area contributed by atoms with Crippen LogP contribution in [0, 0.1) is 0 Å². The zero-order chi connectivity index (χ0) is 20.2. The van der Waals surface area contributed by atoms with E-state index in [0.29, 0.717) is 0 Å². The second-order valence-corrected chi connectivity index (χ2v) is 10.0. The highest BCUT2D eigenvalue weighted by Crippen LogP contribution is 2.34. The van der Waals surface area contributed by atoms with Gasteiger partial charge in [-0.05, 0) is 42.2 Å². The van der Waals surface area contributed by atoms with Gasteiger partial charge in [-0.25, -0.2) is 0 Å². The van der Waals surface area contributed by atoms with E-state index >= 15 is 0 Å². The minimum Gasteiger partial charge on any atom is -0.114 e. The van der Waals surface area contributed by atoms with Crippen LogP contribution in [0.1, 0.15) is 63.9 Å². The van der Waals surface area contributed by atoms with Crippen molar-refractivity contribution in [2.75, 3.05) is 0 Å². The lowest BCUT2D eigenvalue weighted by molar-refractivity contribution is 0.576. The van der Waals surface area contributed by atoms with Crippen molar-refractivity contribution in [2.24, 2.45) is 0 Å². The van der Waals surface area contributed by atoms with Crippen molar-refractivity contribution < 1.29 is 0 Å². The quantitative estimate of drug-likeness (QED) is 0.183. The van der Waals surface area contributed by atoms with E-state index in [9.17, 15) is 0 Å². The standard InChI is InChI=1S/C28H35P.BrH/c1-2-3-4-5-6-7-8-11-18-25-19-16-17-24-28(25)29(26-20-12-9-13-21-26)27-22-14-10-15-23-27;/h9-10,12-17,19-24H,2-8,11,18H2,1H3;1H. The van der Waals surface area contributed by atoms with Gasteiger partial charge in [0, 0.05) is 0 Å². The van der Waals surface area contributed by atoms with Crippen molar-refractivity contribution >= 4 is 40.8 Å². The first-order chi connectivity index (χ1) is 14.4. The molecule has 0 fully saturated rings. The van der Waals surface area contributed by atoms with E-state index in [2.05, 4.69) is 91.9 Å². The summed E-state index contributed by atoms with van der Waals surface area (Å²) in [7, 11) is -0.501. The summed E-state index contributed by atoms with van der Waals surface area (Å²) in [6, 6.07) is 31.3. The fourth-order valence-electron chi connectivity index (χ4n) is 3.97. The van der Waals surface area contributed by atoms with Gasteiger partial charge < -0.3 is 0 Å². The highest BCUT2D eigenvalue weighted by atomic mass is 79.9. The summed E-state index contributed by atoms with van der Waals surface area (Å²) in [5, 5.41) is 4.41. The molecule has 0 aliphatic rings. The van der Waals surface area contributed by atoms with Crippen molar-refractivity contribution in [3.05, 3.63) is 90.5 Å². The molecule has 0 N–H and O–H groups in total. The van der Waals surface area contributed by atoms with E-state index in [-0.39, 0.29) is 17.0 Å². The van der Waals surface area contributed by atoms with E-state index < -0.39 is 7.92 Å². The van der Waals surface area contributed by atoms with Crippen molar-refractivity contribution in [1.82, 2.24) is 0 Å². The fraction of sp³-hybridized carbons (Fsp3) is 0.357. The number of rotatable bonds is 12. The maximum Gasteiger partial charge on any atom is -0.0119 e. The van der Waals surface area contributed by atoms with E-state index in [4.69, 9.17) is 0 Å². The highest BCUT2D eigenvalue weighted by molar-refractivity contribution is 8.93. The van der Waals surface area contributed by atoms with Crippen LogP contribution in [0.2, 0.25) is 0 Å². The van der Waals surface area contributed by atoms with E-state index in [1.807, 2.05) is 0 Å². The van der Waals surface area contributed by atoms with Crippen LogP contribution < -0.4 is 15.9 Å². The molecule has 3 aromatic carbocycles. The summed E-state index contributed by atoms with van der Waals surface area (Å²) >= 11 is 0. The number of hydrogen-bond acceptors (Lipinski definition) is 0. The fourth-order valence-corrected chi connectivity index (χ4v) is 6.47. The summed E-state index contributed by atoms with van der Waals surface area (Å²) in [5.74, 6) is 0. The Kier molecular flexibility index (Phi) is 12.0. The molecule has 0 heterocycles. The van der Waals surface area contributed by atoms with Gasteiger partial charge in [0.05, 0.1) is 0 Å². The van der Waals surface area contributed by atoms with Crippen LogP contribution in [0.15, 0.2) is 84.9 Å². The van der Waals surface area contributed by atoms with Crippen LogP contribution in [0.3, 0.4) is 0 Å². The van der Waals surface area contributed by atoms with Crippen molar-refractivity contribution in [1.29, 1.82) is 0 Å². The van der Waals surface area contributed by atoms with Gasteiger partial charge in [0.15, 0.2) is 0 Å². The Morgan fingerprint density at radius 1 is 0.533 bits per heavy atom. The SMILES string of the molecule is Br.CCCCCCCCCCc1ccccc1P(c1ccccc1)c1ccccc1. The van der Waals surface area contributed by atoms with E-state index in [1.54, 1.807) is 0 Å². The second-order valence-electron chi connectivity index (χ2n) is 7.86. The Bertz CT molecular complexity index is 777. The van der Waals surface area contributed by atoms with Crippen molar-refractivity contribution in [3.63, 3.8) is 0 Å². The van der Waals surface area contributed by atoms with Crippen molar-refractivity contribution in [3.8, 4) is 0 Å². The van der Waals surface area contributed by atoms with Crippen LogP contribution in [0.25, 0.3) is 0 Å². The Morgan fingerprint density at radius 2 is 1.00 bits per heavy atom. The zero-order valence-corrected chi connectivity index (χ0v) is 20.9. The monoisotopic (exact) mass is 482 g/mol. The average Bonchev–Trinajstić information content (AvgIpc) is 2.78. The van der Waals surface area contributed by atoms with Gasteiger partial charge in [0.1, 0.15) is 0 Å². The molecule has 0 aliphatic carbocycles. The molecule has 0 radical (unpaired) electrons. The number of aryl methyl sites for hydroxylation is 1. The second kappa shape index (κ2) is 14.6. The molecule has 0 aromatic heterocycles. The lowest BCUT2D eigenvalue weighted by Crippen LogP contribution is -2.23. The minimum atomic E-state index is -0.501. The lowest BCUT2D eigenvalue weighted by atomic mass is 10.0. The molecular formula is C28H36BrP. The van der Waals surface area contributed by atoms with Gasteiger partial charge in [0.25, 0.3) is 0 Å². The third kappa shape index (κ3) is 7.68. The summed E-state index contributed by atoms with van der Waals surface area (Å²) < 4.78 is 0. The Morgan fingerprint density at radius 3 is 1.57 bits per heavy atom. The smallest absolute Gasteiger partial charge is 0.0119 e. The first-order valence-electron chi connectivity index (χ1n) is 11.4. The zero-order valence-electron chi connectivity index (χ0n) is 18.3. The highest BCUT2D eigenvalue weighted by Gasteiger charge is 2.18. The first-order valence-corrected chi connectivity index (χ1v) is 12.7. The van der Waals surface area contributed by atoms with Crippen molar-refractivity contribution in [2.45, 2.75) is 64.7 Å². The molecule has 0 spiro atoms. The molecule has 0 saturated carbocycles. The molecule has 0 saturated heterocycles. The summed E-state index contributed by atoms with van der Waals surface area (Å²) in [4.78, 5) is 0. The summed E-state index contributed by atoms with van der Waals surface area (Å²) in [6.07, 6.45) is 12.2. The largest absolute Gasteiger partial charge is 0.114 e. The normalized spacial score (nSPS) is 10.7. The lowest BCUT2D eigenvalue weighted by Gasteiger charge is -2.22. The van der Waals surface area contributed by atoms with Crippen LogP contribution in [0.4, 0.5) is 0 Å². The molecule has 3 rings (SSSR count). The minimum absolute atomic E-state index is 0. The maximum absolute atomic E-state index is 2.37. The van der Waals surface area contributed by atoms with Gasteiger partial charge in [-0.1, -0.05) is 137 Å². The maximum atomic E-state index is 2.37. The van der Waals surface area contributed by atoms with Gasteiger partial charge in [-0.15, -0.1) is 17.0 Å². The molecule has 160 valence electrons. The molecule has 0 aliphatic heterocycles. The summed E-state index contributed by atoms with van der Waals surface area (Å²) in [5.41, 5.74) is 1.54. The average molecular weight is 483 g/mol. The molecule has 0 amide bonds. The van der Waals surface area contributed by atoms with Crippen LogP contribution in [-0.2, 0) is 6.42 Å². The van der Waals surface area contributed by atoms with E-state index in [1.165, 1.54) is 79.3 Å². The summed E-state index contributed by atoms with van der Waals surface area (Å²) in [6.45, 7) is 2.29. The molecule has 0 unspecified atom stereocenters. The van der Waals surface area contributed by atoms with Gasteiger partial charge >= 0.3 is 0 Å². The Balaban J connectivity index is 0.00000320. The molecule has 0 nitrogen and oxygen atoms in total. The number of halogens is 1. The van der Waals surface area contributed by atoms with E-state index in [0.717, 1.165) is 0 Å². The number of benzene rings is 3. The van der Waals surface area contributed by atoms with Crippen LogP contribution in [0.5, 0.6) is 0 Å². The topological polar surface area (TPSA) is 0 Å². The molecule has 0 atom stereocenters. The number of hydrogen-bond donors (Lipinski definition) is 0. The van der Waals surface area contributed by atoms with Crippen LogP contribution in [-0.4, -0.2) is 0 Å². The predicted molar refractivity (Wildman–Crippen MR) is 142 cm³/mol. The Hall–Kier alpha value is -1.43. The van der Waals surface area contributed by atoms with Gasteiger partial charge in [0.2, 0.25) is 0 Å². The Labute approximate surface area is 195 Å². The van der Waals surface area contributed by atoms with Gasteiger partial charge in [-0.2, -0.15) is 0 Å². The van der Waals surface area contributed by atoms with Crippen LogP contribution >= 0.6 is 24.9 Å². The molecule has 0 bridgehead atoms. The third-order valence-corrected chi connectivity index (χ3v) is 8.11. The third-order valence-electron chi connectivity index (χ3n) is 5.56. The molecule has 2 heteroatoms. The predicted octanol–water partition coefficient (Wildman–Crippen LogP) is 7.71.